The van der Waals surface area contributed by atoms with Crippen LogP contribution in [-0.4, -0.2) is 82.9 Å². The van der Waals surface area contributed by atoms with Crippen molar-refractivity contribution in [2.75, 3.05) is 52.4 Å². The maximum absolute atomic E-state index is 11.7. The summed E-state index contributed by atoms with van der Waals surface area (Å²) in [6.45, 7) is 15.2. The molecule has 1 amide bonds. The Morgan fingerprint density at radius 1 is 1.07 bits per heavy atom. The Balaban J connectivity index is 1.14. The van der Waals surface area contributed by atoms with Crippen LogP contribution in [0.3, 0.4) is 0 Å². The third kappa shape index (κ3) is 4.08. The minimum atomic E-state index is 0.316. The van der Waals surface area contributed by atoms with Crippen molar-refractivity contribution in [2.24, 2.45) is 5.41 Å². The molecule has 0 saturated carbocycles. The van der Waals surface area contributed by atoms with Crippen LogP contribution < -0.4 is 0 Å². The van der Waals surface area contributed by atoms with Crippen molar-refractivity contribution in [3.8, 4) is 0 Å². The number of aromatic nitrogens is 2. The Kier molecular flexibility index (Phi) is 5.70. The van der Waals surface area contributed by atoms with Crippen LogP contribution in [-0.2, 0) is 4.79 Å². The van der Waals surface area contributed by atoms with Crippen LogP contribution in [0.4, 0.5) is 0 Å². The second-order valence-corrected chi connectivity index (χ2v) is 9.46. The van der Waals surface area contributed by atoms with E-state index in [1.54, 1.807) is 0 Å². The Morgan fingerprint density at radius 3 is 2.25 bits per heavy atom. The predicted octanol–water partition coefficient (Wildman–Crippen LogP) is 2.33. The van der Waals surface area contributed by atoms with Crippen LogP contribution in [0.25, 0.3) is 0 Å². The zero-order valence-corrected chi connectivity index (χ0v) is 17.7. The lowest BCUT2D eigenvalue weighted by atomic mass is 9.72. The summed E-state index contributed by atoms with van der Waals surface area (Å²) in [7, 11) is 0. The van der Waals surface area contributed by atoms with Crippen LogP contribution >= 0.6 is 0 Å². The number of piperidine rings is 1. The molecule has 1 spiro atoms. The molecule has 3 fully saturated rings. The van der Waals surface area contributed by atoms with E-state index in [9.17, 15) is 4.79 Å². The molecule has 1 aromatic rings. The summed E-state index contributed by atoms with van der Waals surface area (Å²) >= 11 is 0. The first-order valence-electron chi connectivity index (χ1n) is 11.0. The highest BCUT2D eigenvalue weighted by molar-refractivity contribution is 5.77. The number of nitrogens with zero attached hydrogens (tertiary/aromatic N) is 5. The van der Waals surface area contributed by atoms with Crippen molar-refractivity contribution in [2.45, 2.75) is 51.9 Å². The highest BCUT2D eigenvalue weighted by Crippen LogP contribution is 2.39. The molecule has 0 N–H and O–H groups in total. The Morgan fingerprint density at radius 2 is 1.68 bits per heavy atom. The van der Waals surface area contributed by atoms with Crippen molar-refractivity contribution >= 4 is 5.91 Å². The molecule has 28 heavy (non-hydrogen) atoms. The SMILES string of the molecule is CCC(=O)N1CC2(CN(CCN3CCC(c4cnc(C(C)C)nc4)CC3)C2)C1. The van der Waals surface area contributed by atoms with Gasteiger partial charge in [-0.1, -0.05) is 20.8 Å². The molecule has 3 aliphatic heterocycles. The van der Waals surface area contributed by atoms with E-state index in [0.717, 1.165) is 18.9 Å². The number of amides is 1. The molecule has 0 unspecified atom stereocenters. The van der Waals surface area contributed by atoms with Gasteiger partial charge in [0, 0.05) is 69.4 Å². The normalized spacial score (nSPS) is 23.1. The van der Waals surface area contributed by atoms with E-state index in [2.05, 4.69) is 33.6 Å². The molecule has 6 heteroatoms. The Bertz CT molecular complexity index is 667. The van der Waals surface area contributed by atoms with Gasteiger partial charge in [-0.05, 0) is 37.4 Å². The number of rotatable bonds is 6. The maximum Gasteiger partial charge on any atom is 0.222 e. The average Bonchev–Trinajstić information content (AvgIpc) is 2.65. The van der Waals surface area contributed by atoms with E-state index in [1.165, 1.54) is 57.7 Å². The number of hydrogen-bond donors (Lipinski definition) is 0. The van der Waals surface area contributed by atoms with Crippen molar-refractivity contribution in [3.05, 3.63) is 23.8 Å². The second kappa shape index (κ2) is 8.07. The lowest BCUT2D eigenvalue weighted by Gasteiger charge is -2.60. The van der Waals surface area contributed by atoms with E-state index in [-0.39, 0.29) is 0 Å². The first-order valence-corrected chi connectivity index (χ1v) is 11.0. The van der Waals surface area contributed by atoms with Gasteiger partial charge in [0.2, 0.25) is 5.91 Å². The minimum Gasteiger partial charge on any atom is -0.341 e. The molecular formula is C22H35N5O. The largest absolute Gasteiger partial charge is 0.341 e. The number of hydrogen-bond acceptors (Lipinski definition) is 5. The van der Waals surface area contributed by atoms with Gasteiger partial charge in [-0.2, -0.15) is 0 Å². The summed E-state index contributed by atoms with van der Waals surface area (Å²) in [6.07, 6.45) is 7.16. The lowest BCUT2D eigenvalue weighted by Crippen LogP contribution is -2.73. The van der Waals surface area contributed by atoms with Crippen LogP contribution in [0.5, 0.6) is 0 Å². The van der Waals surface area contributed by atoms with E-state index < -0.39 is 0 Å². The van der Waals surface area contributed by atoms with Crippen molar-refractivity contribution < 1.29 is 4.79 Å². The van der Waals surface area contributed by atoms with Gasteiger partial charge in [-0.25, -0.2) is 9.97 Å². The summed E-state index contributed by atoms with van der Waals surface area (Å²) in [4.78, 5) is 28.0. The topological polar surface area (TPSA) is 52.6 Å². The summed E-state index contributed by atoms with van der Waals surface area (Å²) in [5.74, 6) is 2.27. The predicted molar refractivity (Wildman–Crippen MR) is 110 cm³/mol. The van der Waals surface area contributed by atoms with Crippen LogP contribution in [0.1, 0.15) is 63.3 Å². The molecular weight excluding hydrogens is 350 g/mol. The first kappa shape index (κ1) is 19.8. The van der Waals surface area contributed by atoms with Crippen LogP contribution in [0, 0.1) is 5.41 Å². The molecule has 0 aliphatic carbocycles. The standard InChI is InChI=1S/C22H35N5O/c1-4-20(28)27-15-22(16-27)13-26(14-22)10-9-25-7-5-18(6-8-25)19-11-23-21(17(2)3)24-12-19/h11-12,17-18H,4-10,13-16H2,1-3H3. The fourth-order valence-electron chi connectivity index (χ4n) is 5.05. The van der Waals surface area contributed by atoms with Crippen molar-refractivity contribution in [3.63, 3.8) is 0 Å². The molecule has 154 valence electrons. The molecule has 4 heterocycles. The Hall–Kier alpha value is -1.53. The summed E-state index contributed by atoms with van der Waals surface area (Å²) in [6, 6.07) is 0. The zero-order valence-electron chi connectivity index (χ0n) is 17.7. The van der Waals surface area contributed by atoms with Gasteiger partial charge in [-0.15, -0.1) is 0 Å². The number of likely N-dealkylation sites (tertiary alicyclic amines) is 3. The lowest BCUT2D eigenvalue weighted by molar-refractivity contribution is -0.158. The highest BCUT2D eigenvalue weighted by atomic mass is 16.2. The molecule has 0 aromatic carbocycles. The van der Waals surface area contributed by atoms with Crippen molar-refractivity contribution in [1.29, 1.82) is 0 Å². The third-order valence-corrected chi connectivity index (χ3v) is 6.83. The molecule has 0 atom stereocenters. The molecule has 0 bridgehead atoms. The molecule has 4 rings (SSSR count). The van der Waals surface area contributed by atoms with Crippen LogP contribution in [0.2, 0.25) is 0 Å². The molecule has 6 nitrogen and oxygen atoms in total. The molecule has 3 saturated heterocycles. The fourth-order valence-corrected chi connectivity index (χ4v) is 5.05. The second-order valence-electron chi connectivity index (χ2n) is 9.46. The third-order valence-electron chi connectivity index (χ3n) is 6.83. The monoisotopic (exact) mass is 385 g/mol. The number of carbonyl (C=O) groups is 1. The molecule has 1 aromatic heterocycles. The van der Waals surface area contributed by atoms with E-state index in [0.29, 0.717) is 29.6 Å². The quantitative estimate of drug-likeness (QED) is 0.752. The van der Waals surface area contributed by atoms with Gasteiger partial charge in [0.05, 0.1) is 0 Å². The first-order chi connectivity index (χ1) is 13.5. The smallest absolute Gasteiger partial charge is 0.222 e. The van der Waals surface area contributed by atoms with Crippen molar-refractivity contribution in [1.82, 2.24) is 24.7 Å². The van der Waals surface area contributed by atoms with Gasteiger partial charge in [0.15, 0.2) is 0 Å². The summed E-state index contributed by atoms with van der Waals surface area (Å²) in [5.41, 5.74) is 1.74. The highest BCUT2D eigenvalue weighted by Gasteiger charge is 2.52. The zero-order chi connectivity index (χ0) is 19.7. The van der Waals surface area contributed by atoms with Gasteiger partial charge in [0.1, 0.15) is 5.82 Å². The molecule has 0 radical (unpaired) electrons. The Labute approximate surface area is 169 Å². The van der Waals surface area contributed by atoms with E-state index >= 15 is 0 Å². The van der Waals surface area contributed by atoms with E-state index in [1.807, 2.05) is 24.2 Å². The average molecular weight is 386 g/mol. The van der Waals surface area contributed by atoms with Crippen LogP contribution in [0.15, 0.2) is 12.4 Å². The molecule has 3 aliphatic rings. The fraction of sp³-hybridized carbons (Fsp3) is 0.773. The van der Waals surface area contributed by atoms with E-state index in [4.69, 9.17) is 0 Å². The van der Waals surface area contributed by atoms with Gasteiger partial charge >= 0.3 is 0 Å². The van der Waals surface area contributed by atoms with Gasteiger partial charge < -0.3 is 14.7 Å². The summed E-state index contributed by atoms with van der Waals surface area (Å²) < 4.78 is 0. The number of carbonyl (C=O) groups excluding carboxylic acids is 1. The van der Waals surface area contributed by atoms with Gasteiger partial charge in [-0.3, -0.25) is 4.79 Å². The van der Waals surface area contributed by atoms with Gasteiger partial charge in [0.25, 0.3) is 0 Å². The summed E-state index contributed by atoms with van der Waals surface area (Å²) in [5, 5.41) is 0. The minimum absolute atomic E-state index is 0.316. The maximum atomic E-state index is 11.7.